The molecule has 26 heavy (non-hydrogen) atoms. The highest BCUT2D eigenvalue weighted by Gasteiger charge is 2.11. The molecule has 2 aromatic rings. The number of nitrogens with one attached hydrogen (secondary N) is 1. The van der Waals surface area contributed by atoms with Gasteiger partial charge in [-0.05, 0) is 30.2 Å². The fraction of sp³-hybridized carbons (Fsp3) is 0.286. The Labute approximate surface area is 153 Å². The van der Waals surface area contributed by atoms with Crippen LogP contribution in [0.4, 0.5) is 5.69 Å². The third kappa shape index (κ3) is 6.16. The number of amides is 1. The first-order valence-electron chi connectivity index (χ1n) is 8.61. The molecule has 0 aliphatic carbocycles. The van der Waals surface area contributed by atoms with Gasteiger partial charge in [0.15, 0.2) is 5.78 Å². The smallest absolute Gasteiger partial charge is 0.338 e. The van der Waals surface area contributed by atoms with E-state index in [0.717, 1.165) is 0 Å². The molecule has 1 amide bonds. The zero-order chi connectivity index (χ0) is 18.9. The van der Waals surface area contributed by atoms with Gasteiger partial charge in [0.1, 0.15) is 0 Å². The van der Waals surface area contributed by atoms with Crippen molar-refractivity contribution in [1.82, 2.24) is 0 Å². The number of hydrogen-bond donors (Lipinski definition) is 1. The van der Waals surface area contributed by atoms with E-state index in [1.807, 2.05) is 19.9 Å². The Morgan fingerprint density at radius 1 is 0.885 bits per heavy atom. The van der Waals surface area contributed by atoms with Crippen molar-refractivity contribution in [2.24, 2.45) is 5.92 Å². The molecule has 5 heteroatoms. The van der Waals surface area contributed by atoms with Crippen LogP contribution in [0.2, 0.25) is 0 Å². The number of anilines is 1. The van der Waals surface area contributed by atoms with Gasteiger partial charge in [0, 0.05) is 24.1 Å². The van der Waals surface area contributed by atoms with Crippen LogP contribution in [0.25, 0.3) is 0 Å². The van der Waals surface area contributed by atoms with Crippen LogP contribution in [-0.4, -0.2) is 24.3 Å². The van der Waals surface area contributed by atoms with Crippen LogP contribution in [0.15, 0.2) is 54.6 Å². The van der Waals surface area contributed by atoms with E-state index in [-0.39, 0.29) is 36.4 Å². The fourth-order valence-electron chi connectivity index (χ4n) is 2.23. The lowest BCUT2D eigenvalue weighted by molar-refractivity contribution is -0.116. The van der Waals surface area contributed by atoms with Gasteiger partial charge >= 0.3 is 5.97 Å². The van der Waals surface area contributed by atoms with E-state index in [4.69, 9.17) is 4.74 Å². The van der Waals surface area contributed by atoms with Crippen molar-refractivity contribution in [3.05, 3.63) is 65.7 Å². The summed E-state index contributed by atoms with van der Waals surface area (Å²) in [6, 6.07) is 15.4. The maximum Gasteiger partial charge on any atom is 0.338 e. The Morgan fingerprint density at radius 2 is 1.54 bits per heavy atom. The summed E-state index contributed by atoms with van der Waals surface area (Å²) in [7, 11) is 0. The molecule has 136 valence electrons. The highest BCUT2D eigenvalue weighted by atomic mass is 16.5. The second-order valence-electron chi connectivity index (χ2n) is 6.41. The maximum atomic E-state index is 12.0. The summed E-state index contributed by atoms with van der Waals surface area (Å²) in [6.45, 7) is 4.30. The van der Waals surface area contributed by atoms with Crippen molar-refractivity contribution in [2.75, 3.05) is 11.9 Å². The molecule has 2 aromatic carbocycles. The number of esters is 1. The van der Waals surface area contributed by atoms with Crippen molar-refractivity contribution in [1.29, 1.82) is 0 Å². The van der Waals surface area contributed by atoms with Gasteiger partial charge in [0.05, 0.1) is 12.2 Å². The molecule has 0 spiro atoms. The SMILES string of the molecule is CC(C)COC(=O)c1ccc(NC(=O)CCC(=O)c2ccccc2)cc1. The Balaban J connectivity index is 1.82. The zero-order valence-electron chi connectivity index (χ0n) is 15.0. The van der Waals surface area contributed by atoms with Crippen molar-refractivity contribution in [3.8, 4) is 0 Å². The monoisotopic (exact) mass is 353 g/mol. The summed E-state index contributed by atoms with van der Waals surface area (Å²) < 4.78 is 5.15. The van der Waals surface area contributed by atoms with Gasteiger partial charge in [-0.3, -0.25) is 9.59 Å². The topological polar surface area (TPSA) is 72.5 Å². The van der Waals surface area contributed by atoms with E-state index in [1.54, 1.807) is 48.5 Å². The molecule has 0 aliphatic rings. The van der Waals surface area contributed by atoms with Crippen molar-refractivity contribution < 1.29 is 19.1 Å². The second-order valence-corrected chi connectivity index (χ2v) is 6.41. The minimum Gasteiger partial charge on any atom is -0.462 e. The molecule has 0 saturated carbocycles. The van der Waals surface area contributed by atoms with Crippen LogP contribution in [0.3, 0.4) is 0 Å². The summed E-state index contributed by atoms with van der Waals surface area (Å²) in [5.41, 5.74) is 1.61. The minimum absolute atomic E-state index is 0.0657. The fourth-order valence-corrected chi connectivity index (χ4v) is 2.23. The lowest BCUT2D eigenvalue weighted by Gasteiger charge is -2.08. The van der Waals surface area contributed by atoms with Crippen molar-refractivity contribution >= 4 is 23.3 Å². The largest absolute Gasteiger partial charge is 0.462 e. The Hall–Kier alpha value is -2.95. The molecule has 0 aliphatic heterocycles. The van der Waals surface area contributed by atoms with Crippen molar-refractivity contribution in [2.45, 2.75) is 26.7 Å². The number of benzene rings is 2. The number of ketones is 1. The van der Waals surface area contributed by atoms with E-state index >= 15 is 0 Å². The van der Waals surface area contributed by atoms with Gasteiger partial charge in [-0.1, -0.05) is 44.2 Å². The molecule has 0 atom stereocenters. The molecule has 0 bridgehead atoms. The quantitative estimate of drug-likeness (QED) is 0.573. The number of Topliss-reactive ketones (excluding diaryl/α,β-unsaturated/α-hetero) is 1. The van der Waals surface area contributed by atoms with E-state index < -0.39 is 0 Å². The summed E-state index contributed by atoms with van der Waals surface area (Å²) in [6.07, 6.45) is 0.251. The zero-order valence-corrected chi connectivity index (χ0v) is 15.0. The molecular formula is C21H23NO4. The lowest BCUT2D eigenvalue weighted by atomic mass is 10.1. The predicted octanol–water partition coefficient (Wildman–Crippen LogP) is 4.10. The number of rotatable bonds is 8. The average Bonchev–Trinajstić information content (AvgIpc) is 2.65. The lowest BCUT2D eigenvalue weighted by Crippen LogP contribution is -2.14. The number of carbonyl (C=O) groups is 3. The van der Waals surface area contributed by atoms with Gasteiger partial charge in [-0.15, -0.1) is 0 Å². The molecule has 0 aromatic heterocycles. The van der Waals surface area contributed by atoms with Gasteiger partial charge < -0.3 is 10.1 Å². The highest BCUT2D eigenvalue weighted by Crippen LogP contribution is 2.12. The Morgan fingerprint density at radius 3 is 2.15 bits per heavy atom. The number of hydrogen-bond acceptors (Lipinski definition) is 4. The molecule has 0 saturated heterocycles. The average molecular weight is 353 g/mol. The predicted molar refractivity (Wildman–Crippen MR) is 100 cm³/mol. The molecular weight excluding hydrogens is 330 g/mol. The molecule has 0 unspecified atom stereocenters. The minimum atomic E-state index is -0.384. The van der Waals surface area contributed by atoms with Crippen LogP contribution < -0.4 is 5.32 Å². The molecule has 0 radical (unpaired) electrons. The molecule has 1 N–H and O–H groups in total. The van der Waals surface area contributed by atoms with Gasteiger partial charge in [-0.2, -0.15) is 0 Å². The van der Waals surface area contributed by atoms with Gasteiger partial charge in [0.2, 0.25) is 5.91 Å². The first-order chi connectivity index (χ1) is 12.5. The molecule has 5 nitrogen and oxygen atoms in total. The highest BCUT2D eigenvalue weighted by molar-refractivity contribution is 6.00. The van der Waals surface area contributed by atoms with Crippen LogP contribution in [-0.2, 0) is 9.53 Å². The molecule has 0 fully saturated rings. The second kappa shape index (κ2) is 9.51. The normalized spacial score (nSPS) is 10.4. The first-order valence-corrected chi connectivity index (χ1v) is 8.61. The standard InChI is InChI=1S/C21H23NO4/c1-15(2)14-26-21(25)17-8-10-18(11-9-17)22-20(24)13-12-19(23)16-6-4-3-5-7-16/h3-11,15H,12-14H2,1-2H3,(H,22,24). The van der Waals surface area contributed by atoms with Crippen LogP contribution in [0.5, 0.6) is 0 Å². The van der Waals surface area contributed by atoms with Crippen molar-refractivity contribution in [3.63, 3.8) is 0 Å². The van der Waals surface area contributed by atoms with E-state index in [2.05, 4.69) is 5.32 Å². The Kier molecular flexibility index (Phi) is 7.09. The number of carbonyl (C=O) groups excluding carboxylic acids is 3. The van der Waals surface area contributed by atoms with Crippen LogP contribution >= 0.6 is 0 Å². The maximum absolute atomic E-state index is 12.0. The third-order valence-corrected chi connectivity index (χ3v) is 3.63. The summed E-state index contributed by atoms with van der Waals surface area (Å²) in [4.78, 5) is 35.8. The van der Waals surface area contributed by atoms with Crippen LogP contribution in [0.1, 0.15) is 47.4 Å². The van der Waals surface area contributed by atoms with E-state index in [0.29, 0.717) is 23.4 Å². The van der Waals surface area contributed by atoms with Gasteiger partial charge in [-0.25, -0.2) is 4.79 Å². The van der Waals surface area contributed by atoms with E-state index in [1.165, 1.54) is 0 Å². The third-order valence-electron chi connectivity index (χ3n) is 3.63. The summed E-state index contributed by atoms with van der Waals surface area (Å²) in [5.74, 6) is -0.422. The summed E-state index contributed by atoms with van der Waals surface area (Å²) >= 11 is 0. The Bertz CT molecular complexity index is 751. The van der Waals surface area contributed by atoms with E-state index in [9.17, 15) is 14.4 Å². The first kappa shape index (κ1) is 19.4. The van der Waals surface area contributed by atoms with Gasteiger partial charge in [0.25, 0.3) is 0 Å². The van der Waals surface area contributed by atoms with Crippen LogP contribution in [0, 0.1) is 5.92 Å². The molecule has 0 heterocycles. The number of ether oxygens (including phenoxy) is 1. The molecule has 2 rings (SSSR count). The summed E-state index contributed by atoms with van der Waals surface area (Å²) in [5, 5.41) is 2.72.